The van der Waals surface area contributed by atoms with E-state index in [0.717, 1.165) is 25.9 Å². The summed E-state index contributed by atoms with van der Waals surface area (Å²) in [5, 5.41) is 6.36. The average molecular weight is 1240 g/mol. The molecule has 2 aliphatic carbocycles. The van der Waals surface area contributed by atoms with Crippen molar-refractivity contribution < 1.29 is 66.6 Å². The normalized spacial score (nSPS) is 11.6. The quantitative estimate of drug-likeness (QED) is 0.163. The molecule has 0 spiro atoms. The number of nitrogens with one attached hydrogen (secondary N) is 2. The molecule has 0 fully saturated rings. The van der Waals surface area contributed by atoms with Crippen molar-refractivity contribution in [3.63, 3.8) is 0 Å². The van der Waals surface area contributed by atoms with Crippen LogP contribution in [0.2, 0.25) is 0 Å². The van der Waals surface area contributed by atoms with Gasteiger partial charge in [-0.2, -0.15) is 0 Å². The van der Waals surface area contributed by atoms with E-state index < -0.39 is 53.8 Å². The van der Waals surface area contributed by atoms with Crippen LogP contribution in [0.1, 0.15) is 48.9 Å². The fraction of sp³-hybridized carbons (Fsp3) is 0.143. The van der Waals surface area contributed by atoms with Gasteiger partial charge in [0.1, 0.15) is 0 Å². The molecule has 0 amide bonds. The molecular weight excluding hydrogens is 1180 g/mol. The fourth-order valence-electron chi connectivity index (χ4n) is 9.68. The van der Waals surface area contributed by atoms with E-state index in [1.54, 1.807) is 38.5 Å². The van der Waals surface area contributed by atoms with E-state index in [9.17, 15) is 0 Å². The summed E-state index contributed by atoms with van der Waals surface area (Å²) in [5.74, 6) is -2.71. The molecule has 10 rings (SSSR count). The van der Waals surface area contributed by atoms with Gasteiger partial charge in [0.05, 0.1) is 0 Å². The molecule has 0 bridgehead atoms. The van der Waals surface area contributed by atoms with Crippen molar-refractivity contribution in [2.24, 2.45) is 0 Å². The smallest absolute Gasteiger partial charge is 1.00 e. The molecule has 0 aromatic heterocycles. The van der Waals surface area contributed by atoms with Crippen LogP contribution in [0.3, 0.4) is 0 Å². The van der Waals surface area contributed by atoms with Crippen molar-refractivity contribution in [1.82, 2.24) is 6.61 Å². The minimum atomic E-state index is -2.44. The van der Waals surface area contributed by atoms with Gasteiger partial charge in [-0.15, -0.1) is 0 Å². The molecule has 0 saturated heterocycles. The maximum atomic E-state index is 4.21. The summed E-state index contributed by atoms with van der Waals surface area (Å²) in [5.41, 5.74) is 12.0. The number of halogens is 2. The van der Waals surface area contributed by atoms with E-state index >= 15 is 0 Å². The van der Waals surface area contributed by atoms with Crippen LogP contribution in [-0.4, -0.2) is 25.1 Å². The third-order valence-electron chi connectivity index (χ3n) is 12.5. The molecule has 2 aliphatic rings. The van der Waals surface area contributed by atoms with E-state index in [4.69, 9.17) is 0 Å². The van der Waals surface area contributed by atoms with E-state index in [1.807, 2.05) is 0 Å². The maximum absolute atomic E-state index is 4.21. The first-order valence-corrected chi connectivity index (χ1v) is 45.6. The largest absolute Gasteiger partial charge is 1.00 e. The van der Waals surface area contributed by atoms with Crippen LogP contribution >= 0.6 is 0 Å². The Labute approximate surface area is 411 Å². The number of benzene rings is 8. The predicted molar refractivity (Wildman–Crippen MR) is 264 cm³/mol. The third kappa shape index (κ3) is 10.7. The Morgan fingerprint density at radius 2 is 0.656 bits per heavy atom. The van der Waals surface area contributed by atoms with Gasteiger partial charge < -0.3 is 24.8 Å². The molecule has 0 aliphatic heterocycles. The molecule has 64 heavy (non-hydrogen) atoms. The van der Waals surface area contributed by atoms with Gasteiger partial charge in [0.2, 0.25) is 0 Å². The molecule has 0 saturated carbocycles. The second kappa shape index (κ2) is 23.8. The SMILES string of the molecule is CCC[NH][Hf+]([c]1cccc2c1Cc1ccccc1-2)[SiH](c1ccccc1)c1ccccc1.CCC[NH][Hf+]([c]1cccc2c1Cc1ccccc1-2)[SiH](c1ccccc1)c1ccccc1.[Cl-].[Cl-]. The van der Waals surface area contributed by atoms with Crippen molar-refractivity contribution in [3.8, 4) is 22.3 Å². The monoisotopic (exact) mass is 1240 g/mol. The molecule has 8 aromatic carbocycles. The summed E-state index contributed by atoms with van der Waals surface area (Å²) < 4.78 is 11.8. The Balaban J connectivity index is 0.000000186. The van der Waals surface area contributed by atoms with E-state index in [1.165, 1.54) is 46.2 Å². The Hall–Kier alpha value is -3.57. The van der Waals surface area contributed by atoms with E-state index in [-0.39, 0.29) is 24.8 Å². The Kier molecular flexibility index (Phi) is 18.0. The first kappa shape index (κ1) is 48.4. The Bertz CT molecular complexity index is 2440. The summed E-state index contributed by atoms with van der Waals surface area (Å²) in [6.45, 7) is 6.84. The predicted octanol–water partition coefficient (Wildman–Crippen LogP) is 1.92. The zero-order valence-electron chi connectivity index (χ0n) is 36.8. The topological polar surface area (TPSA) is 24.1 Å². The van der Waals surface area contributed by atoms with Crippen LogP contribution in [0.5, 0.6) is 0 Å². The van der Waals surface area contributed by atoms with Gasteiger partial charge in [-0.1, -0.05) is 0 Å². The van der Waals surface area contributed by atoms with Crippen LogP contribution in [0.25, 0.3) is 22.3 Å². The number of rotatable bonds is 14. The zero-order chi connectivity index (χ0) is 42.1. The number of hydrogen-bond acceptors (Lipinski definition) is 2. The van der Waals surface area contributed by atoms with Crippen LogP contribution in [0.4, 0.5) is 0 Å². The van der Waals surface area contributed by atoms with Gasteiger partial charge in [-0.3, -0.25) is 0 Å². The van der Waals surface area contributed by atoms with Gasteiger partial charge in [-0.25, -0.2) is 0 Å². The number of hydrogen-bond donors (Lipinski definition) is 2. The van der Waals surface area contributed by atoms with Crippen molar-refractivity contribution in [2.75, 3.05) is 13.1 Å². The minimum absolute atomic E-state index is 0. The van der Waals surface area contributed by atoms with Crippen LogP contribution in [0.15, 0.2) is 206 Å². The molecule has 2 nitrogen and oxygen atoms in total. The fourth-order valence-corrected chi connectivity index (χ4v) is 66.8. The second-order valence-corrected chi connectivity index (χ2v) is 55.2. The van der Waals surface area contributed by atoms with Gasteiger partial charge in [0, 0.05) is 0 Å². The van der Waals surface area contributed by atoms with Gasteiger partial charge in [-0.05, 0) is 0 Å². The molecule has 0 radical (unpaired) electrons. The van der Waals surface area contributed by atoms with Crippen molar-refractivity contribution in [2.45, 2.75) is 39.5 Å². The standard InChI is InChI=1S/2C13H9.2C12H11Si.2C3H8N.2ClH.2Hf/c2*1-3-7-12-10(5-1)9-11-6-2-4-8-13(11)12;2*1-3-7-11(8-4-1)13-12-9-5-2-6-10-12;2*1-2-3-4;;;;/h2*1-5,7-8H,9H2;2*1-10,13H;2*4H,2-3H2,1H3;2*1H;;/q;;;;2*-1;;;2*+2/p-2. The zero-order valence-corrected chi connectivity index (χ0v) is 47.8. The first-order chi connectivity index (χ1) is 30.7. The first-order valence-electron chi connectivity index (χ1n) is 22.6. The van der Waals surface area contributed by atoms with Gasteiger partial charge in [0.15, 0.2) is 0 Å². The molecule has 0 atom stereocenters. The minimum Gasteiger partial charge on any atom is -1.00 e. The summed E-state index contributed by atoms with van der Waals surface area (Å²) in [4.78, 5) is 0. The van der Waals surface area contributed by atoms with Gasteiger partial charge >= 0.3 is 391 Å². The summed E-state index contributed by atoms with van der Waals surface area (Å²) in [6, 6.07) is 77.8. The average Bonchev–Trinajstić information content (AvgIpc) is 3.92. The molecule has 0 heterocycles. The maximum Gasteiger partial charge on any atom is -1.00 e. The molecule has 320 valence electrons. The summed E-state index contributed by atoms with van der Waals surface area (Å²) >= 11 is -4.87. The Morgan fingerprint density at radius 1 is 0.359 bits per heavy atom. The van der Waals surface area contributed by atoms with Gasteiger partial charge in [0.25, 0.3) is 0 Å². The molecular formula is C56H56Cl2Hf2N2Si2. The van der Waals surface area contributed by atoms with Crippen molar-refractivity contribution in [1.29, 1.82) is 0 Å². The third-order valence-corrected chi connectivity index (χ3v) is 65.2. The number of fused-ring (bicyclic) bond motifs is 6. The van der Waals surface area contributed by atoms with E-state index in [0.29, 0.717) is 0 Å². The van der Waals surface area contributed by atoms with E-state index in [2.05, 4.69) is 227 Å². The molecule has 8 aromatic rings. The summed E-state index contributed by atoms with van der Waals surface area (Å²) in [7, 11) is 0. The van der Waals surface area contributed by atoms with Crippen LogP contribution in [0, 0.1) is 0 Å². The van der Waals surface area contributed by atoms with Crippen molar-refractivity contribution >= 4 is 39.4 Å². The second-order valence-electron chi connectivity index (χ2n) is 16.5. The van der Waals surface area contributed by atoms with Crippen molar-refractivity contribution in [3.05, 3.63) is 229 Å². The molecule has 2 N–H and O–H groups in total. The molecule has 0 unspecified atom stereocenters. The Morgan fingerprint density at radius 3 is 0.984 bits per heavy atom. The van der Waals surface area contributed by atoms with Crippen LogP contribution in [-0.2, 0) is 54.6 Å². The van der Waals surface area contributed by atoms with Crippen LogP contribution < -0.4 is 58.8 Å². The summed E-state index contributed by atoms with van der Waals surface area (Å²) in [6.07, 6.45) is 4.56. The molecule has 8 heteroatoms.